The number of hydrogen-bond donors (Lipinski definition) is 1. The third kappa shape index (κ3) is 3.69. The van der Waals surface area contributed by atoms with E-state index in [1.54, 1.807) is 0 Å². The summed E-state index contributed by atoms with van der Waals surface area (Å²) >= 11 is 0. The van der Waals surface area contributed by atoms with E-state index in [2.05, 4.69) is 31.0 Å². The van der Waals surface area contributed by atoms with E-state index < -0.39 is 0 Å². The first-order chi connectivity index (χ1) is 8.24. The van der Waals surface area contributed by atoms with Crippen LogP contribution in [0.15, 0.2) is 0 Å². The van der Waals surface area contributed by atoms with Gasteiger partial charge in [0, 0.05) is 18.6 Å². The predicted octanol–water partition coefficient (Wildman–Crippen LogP) is 2.89. The smallest absolute Gasteiger partial charge is 0.0127 e. The van der Waals surface area contributed by atoms with E-state index in [9.17, 15) is 0 Å². The molecule has 0 aromatic carbocycles. The zero-order valence-corrected chi connectivity index (χ0v) is 11.9. The average molecular weight is 238 g/mol. The molecule has 2 nitrogen and oxygen atoms in total. The lowest BCUT2D eigenvalue weighted by atomic mass is 10.0. The summed E-state index contributed by atoms with van der Waals surface area (Å²) in [4.78, 5) is 2.80. The van der Waals surface area contributed by atoms with Crippen molar-refractivity contribution >= 4 is 0 Å². The van der Waals surface area contributed by atoms with Gasteiger partial charge in [-0.25, -0.2) is 0 Å². The summed E-state index contributed by atoms with van der Waals surface area (Å²) in [5, 5.41) is 3.71. The van der Waals surface area contributed by atoms with Crippen molar-refractivity contribution < 1.29 is 0 Å². The summed E-state index contributed by atoms with van der Waals surface area (Å²) in [7, 11) is 0. The Balaban J connectivity index is 1.84. The molecule has 2 rings (SSSR count). The highest BCUT2D eigenvalue weighted by molar-refractivity contribution is 4.96. The highest BCUT2D eigenvalue weighted by Crippen LogP contribution is 2.39. The molecule has 17 heavy (non-hydrogen) atoms. The van der Waals surface area contributed by atoms with Crippen molar-refractivity contribution in [2.45, 2.75) is 65.0 Å². The van der Waals surface area contributed by atoms with Gasteiger partial charge in [0.05, 0.1) is 0 Å². The van der Waals surface area contributed by atoms with Crippen LogP contribution >= 0.6 is 0 Å². The van der Waals surface area contributed by atoms with Crippen LogP contribution < -0.4 is 5.32 Å². The highest BCUT2D eigenvalue weighted by atomic mass is 15.2. The van der Waals surface area contributed by atoms with Gasteiger partial charge in [-0.2, -0.15) is 0 Å². The molecule has 2 aliphatic rings. The third-order valence-corrected chi connectivity index (χ3v) is 4.57. The fourth-order valence-corrected chi connectivity index (χ4v) is 3.36. The maximum atomic E-state index is 3.71. The van der Waals surface area contributed by atoms with E-state index >= 15 is 0 Å². The van der Waals surface area contributed by atoms with Crippen molar-refractivity contribution in [3.63, 3.8) is 0 Å². The Hall–Kier alpha value is -0.0800. The first kappa shape index (κ1) is 13.4. The Morgan fingerprint density at radius 1 is 1.29 bits per heavy atom. The van der Waals surface area contributed by atoms with Gasteiger partial charge in [0.1, 0.15) is 0 Å². The Kier molecular flexibility index (Phi) is 4.87. The minimum absolute atomic E-state index is 0.753. The van der Waals surface area contributed by atoms with Crippen LogP contribution in [0.3, 0.4) is 0 Å². The SMILES string of the molecule is CCCC1CC1N1CCC(CC)NCC(C)C1. The normalized spacial score (nSPS) is 39.7. The molecule has 1 heterocycles. The summed E-state index contributed by atoms with van der Waals surface area (Å²) in [5.74, 6) is 1.84. The monoisotopic (exact) mass is 238 g/mol. The van der Waals surface area contributed by atoms with Crippen LogP contribution in [0.1, 0.15) is 52.9 Å². The molecule has 1 aliphatic carbocycles. The first-order valence-electron chi connectivity index (χ1n) is 7.72. The molecule has 1 saturated heterocycles. The van der Waals surface area contributed by atoms with Gasteiger partial charge >= 0.3 is 0 Å². The molecule has 0 amide bonds. The van der Waals surface area contributed by atoms with E-state index in [1.807, 2.05) is 0 Å². The maximum Gasteiger partial charge on any atom is 0.0127 e. The van der Waals surface area contributed by atoms with E-state index in [0.29, 0.717) is 0 Å². The first-order valence-corrected chi connectivity index (χ1v) is 7.72. The standard InChI is InChI=1S/C15H30N2/c1-4-6-13-9-15(13)17-8-7-14(5-2)16-10-12(3)11-17/h12-16H,4-11H2,1-3H3. The molecule has 100 valence electrons. The molecule has 0 spiro atoms. The van der Waals surface area contributed by atoms with Gasteiger partial charge in [-0.3, -0.25) is 4.90 Å². The highest BCUT2D eigenvalue weighted by Gasteiger charge is 2.41. The van der Waals surface area contributed by atoms with Crippen LogP contribution in [0.2, 0.25) is 0 Å². The summed E-state index contributed by atoms with van der Waals surface area (Å²) in [6.07, 6.45) is 6.92. The van der Waals surface area contributed by atoms with Crippen molar-refractivity contribution in [3.05, 3.63) is 0 Å². The molecular weight excluding hydrogens is 208 g/mol. The molecule has 1 saturated carbocycles. The number of hydrogen-bond acceptors (Lipinski definition) is 2. The van der Waals surface area contributed by atoms with Gasteiger partial charge in [0.2, 0.25) is 0 Å². The largest absolute Gasteiger partial charge is 0.314 e. The molecule has 0 radical (unpaired) electrons. The van der Waals surface area contributed by atoms with Gasteiger partial charge in [-0.1, -0.05) is 27.2 Å². The molecule has 4 atom stereocenters. The Labute approximate surface area is 107 Å². The number of nitrogens with one attached hydrogen (secondary N) is 1. The lowest BCUT2D eigenvalue weighted by molar-refractivity contribution is 0.181. The average Bonchev–Trinajstić information content (AvgIpc) is 3.04. The van der Waals surface area contributed by atoms with E-state index in [0.717, 1.165) is 23.9 Å². The Bertz CT molecular complexity index is 229. The van der Waals surface area contributed by atoms with Crippen LogP contribution in [0.4, 0.5) is 0 Å². The topological polar surface area (TPSA) is 15.3 Å². The van der Waals surface area contributed by atoms with Crippen LogP contribution in [-0.2, 0) is 0 Å². The van der Waals surface area contributed by atoms with Crippen LogP contribution in [0.25, 0.3) is 0 Å². The zero-order chi connectivity index (χ0) is 12.3. The summed E-state index contributed by atoms with van der Waals surface area (Å²) in [5.41, 5.74) is 0. The molecule has 0 aromatic rings. The molecule has 0 aromatic heterocycles. The molecule has 1 N–H and O–H groups in total. The molecule has 4 unspecified atom stereocenters. The Morgan fingerprint density at radius 3 is 2.82 bits per heavy atom. The van der Waals surface area contributed by atoms with Gasteiger partial charge < -0.3 is 5.32 Å². The van der Waals surface area contributed by atoms with E-state index in [-0.39, 0.29) is 0 Å². The molecule has 1 aliphatic heterocycles. The molecular formula is C15H30N2. The summed E-state index contributed by atoms with van der Waals surface area (Å²) in [6.45, 7) is 10.9. The second-order valence-electron chi connectivity index (χ2n) is 6.25. The van der Waals surface area contributed by atoms with Crippen molar-refractivity contribution in [2.75, 3.05) is 19.6 Å². The zero-order valence-electron chi connectivity index (χ0n) is 11.9. The lowest BCUT2D eigenvalue weighted by Gasteiger charge is -2.32. The summed E-state index contributed by atoms with van der Waals surface area (Å²) in [6, 6.07) is 1.69. The lowest BCUT2D eigenvalue weighted by Crippen LogP contribution is -2.44. The van der Waals surface area contributed by atoms with Crippen molar-refractivity contribution in [3.8, 4) is 0 Å². The van der Waals surface area contributed by atoms with E-state index in [1.165, 1.54) is 51.7 Å². The van der Waals surface area contributed by atoms with Crippen molar-refractivity contribution in [2.24, 2.45) is 11.8 Å². The third-order valence-electron chi connectivity index (χ3n) is 4.57. The van der Waals surface area contributed by atoms with Gasteiger partial charge in [-0.15, -0.1) is 0 Å². The maximum absolute atomic E-state index is 3.71. The molecule has 2 heteroatoms. The summed E-state index contributed by atoms with van der Waals surface area (Å²) < 4.78 is 0. The number of rotatable bonds is 4. The molecule has 0 bridgehead atoms. The fourth-order valence-electron chi connectivity index (χ4n) is 3.36. The van der Waals surface area contributed by atoms with Gasteiger partial charge in [-0.05, 0) is 50.6 Å². The Morgan fingerprint density at radius 2 is 2.12 bits per heavy atom. The minimum Gasteiger partial charge on any atom is -0.314 e. The predicted molar refractivity (Wildman–Crippen MR) is 74.2 cm³/mol. The van der Waals surface area contributed by atoms with E-state index in [4.69, 9.17) is 0 Å². The van der Waals surface area contributed by atoms with Crippen LogP contribution in [-0.4, -0.2) is 36.6 Å². The quantitative estimate of drug-likeness (QED) is 0.810. The minimum atomic E-state index is 0.753. The fraction of sp³-hybridized carbons (Fsp3) is 1.00. The number of nitrogens with zero attached hydrogens (tertiary/aromatic N) is 1. The van der Waals surface area contributed by atoms with Crippen LogP contribution in [0, 0.1) is 11.8 Å². The van der Waals surface area contributed by atoms with Crippen molar-refractivity contribution in [1.82, 2.24) is 10.2 Å². The van der Waals surface area contributed by atoms with Gasteiger partial charge in [0.15, 0.2) is 0 Å². The van der Waals surface area contributed by atoms with Crippen LogP contribution in [0.5, 0.6) is 0 Å². The van der Waals surface area contributed by atoms with Crippen molar-refractivity contribution in [1.29, 1.82) is 0 Å². The second kappa shape index (κ2) is 6.19. The van der Waals surface area contributed by atoms with Gasteiger partial charge in [0.25, 0.3) is 0 Å². The molecule has 2 fully saturated rings. The second-order valence-corrected chi connectivity index (χ2v) is 6.25.